The quantitative estimate of drug-likeness (QED) is 0.0857. The van der Waals surface area contributed by atoms with Crippen molar-refractivity contribution >= 4 is 73.7 Å². The Morgan fingerprint density at radius 3 is 1.88 bits per heavy atom. The van der Waals surface area contributed by atoms with Crippen molar-refractivity contribution in [1.29, 1.82) is 0 Å². The Labute approximate surface area is 344 Å². The molecule has 280 valence electrons. The molecule has 8 aromatic rings. The van der Waals surface area contributed by atoms with Gasteiger partial charge in [0.15, 0.2) is 0 Å². The molecule has 0 atom stereocenters. The van der Waals surface area contributed by atoms with Crippen LogP contribution in [0.5, 0.6) is 0 Å². The van der Waals surface area contributed by atoms with Gasteiger partial charge < -0.3 is 14.8 Å². The van der Waals surface area contributed by atoms with Crippen LogP contribution in [0.3, 0.4) is 0 Å². The van der Waals surface area contributed by atoms with Crippen molar-refractivity contribution in [3.63, 3.8) is 0 Å². The average molecular weight is 777 g/mol. The highest BCUT2D eigenvalue weighted by atomic mass is 33.1. The Morgan fingerprint density at radius 2 is 1.18 bits per heavy atom. The molecule has 0 aliphatic heterocycles. The minimum absolute atomic E-state index is 0.220. The predicted octanol–water partition coefficient (Wildman–Crippen LogP) is 14.5. The lowest BCUT2D eigenvalue weighted by molar-refractivity contribution is 0.660. The van der Waals surface area contributed by atoms with Crippen LogP contribution in [-0.4, -0.2) is 4.98 Å². The molecule has 0 fully saturated rings. The zero-order valence-electron chi connectivity index (χ0n) is 32.1. The van der Waals surface area contributed by atoms with Gasteiger partial charge >= 0.3 is 0 Å². The van der Waals surface area contributed by atoms with Gasteiger partial charge in [-0.2, -0.15) is 0 Å². The van der Waals surface area contributed by atoms with E-state index in [0.29, 0.717) is 0 Å². The number of aromatic amines is 1. The number of anilines is 6. The second-order valence-electron chi connectivity index (χ2n) is 15.1. The largest absolute Gasteiger partial charge is 0.361 e. The normalized spacial score (nSPS) is 13.3. The van der Waals surface area contributed by atoms with E-state index in [4.69, 9.17) is 0 Å². The maximum atomic E-state index is 4.63. The number of hydrogen-bond acceptors (Lipinski definition) is 5. The maximum absolute atomic E-state index is 4.63. The van der Waals surface area contributed by atoms with E-state index < -0.39 is 0 Å². The monoisotopic (exact) mass is 776 g/mol. The molecule has 4 nitrogen and oxygen atoms in total. The van der Waals surface area contributed by atoms with E-state index in [1.54, 1.807) is 0 Å². The van der Waals surface area contributed by atoms with Crippen LogP contribution in [0, 0.1) is 0 Å². The van der Waals surface area contributed by atoms with Gasteiger partial charge in [-0.25, -0.2) is 0 Å². The first-order chi connectivity index (χ1) is 27.9. The topological polar surface area (TPSA) is 48.3 Å². The van der Waals surface area contributed by atoms with E-state index in [9.17, 15) is 0 Å². The highest BCUT2D eigenvalue weighted by Gasteiger charge is 2.37. The number of rotatable bonds is 7. The number of nitrogens with two attached hydrogens (primary N) is 1. The highest BCUT2D eigenvalue weighted by Crippen LogP contribution is 2.53. The van der Waals surface area contributed by atoms with E-state index in [-0.39, 0.29) is 5.41 Å². The predicted molar refractivity (Wildman–Crippen MR) is 249 cm³/mol. The molecular formula is C51H44N4S2. The van der Waals surface area contributed by atoms with Gasteiger partial charge in [-0.15, -0.1) is 0 Å². The molecule has 0 saturated heterocycles. The number of aryl methyl sites for hydroxylation is 1. The van der Waals surface area contributed by atoms with Crippen molar-refractivity contribution < 1.29 is 0 Å². The molecule has 7 aromatic carbocycles. The van der Waals surface area contributed by atoms with Gasteiger partial charge in [-0.05, 0) is 142 Å². The Hall–Kier alpha value is -5.92. The van der Waals surface area contributed by atoms with E-state index in [1.807, 2.05) is 6.20 Å². The van der Waals surface area contributed by atoms with Gasteiger partial charge in [0.2, 0.25) is 0 Å². The standard InChI is InChI=1S/C51H41N3.H3NS2/c1-51(2)47-33-42(53(41-26-29-49-38(32-41)30-31-52-49)40-22-20-36(21-23-40)35-12-5-3-6-13-35)24-27-45(47)46-28-25-43(34-48(46)51)54(39-16-7-4-8-17-39)50-19-11-15-37-14-9-10-18-44(37)50;1-3-2/h3-8,10-13,15-34,52H,9,14H2,1-2H3;2H,1H2. The number of allylic oxidation sites excluding steroid dienone is 1. The molecule has 0 spiro atoms. The molecule has 3 N–H and O–H groups in total. The molecule has 0 unspecified atom stereocenters. The summed E-state index contributed by atoms with van der Waals surface area (Å²) in [7, 11) is 0.944. The number of thiol groups is 1. The molecule has 0 amide bonds. The summed E-state index contributed by atoms with van der Waals surface area (Å²) >= 11 is 3.48. The summed E-state index contributed by atoms with van der Waals surface area (Å²) in [4.78, 5) is 8.21. The second-order valence-corrected chi connectivity index (χ2v) is 16.0. The minimum Gasteiger partial charge on any atom is -0.361 e. The molecule has 6 heteroatoms. The van der Waals surface area contributed by atoms with Crippen molar-refractivity contribution in [2.24, 2.45) is 5.14 Å². The molecular weight excluding hydrogens is 733 g/mol. The molecule has 10 rings (SSSR count). The zero-order valence-corrected chi connectivity index (χ0v) is 33.8. The SMILES string of the molecule is CC1(C)c2cc(N(c3ccc(-c4ccccc4)cc3)c3ccc4[nH]ccc4c3)ccc2-c2ccc(N(c3ccccc3)c3cccc4c3C=CCC4)cc21.NSS. The van der Waals surface area contributed by atoms with Crippen LogP contribution in [0.2, 0.25) is 0 Å². The summed E-state index contributed by atoms with van der Waals surface area (Å²) in [5, 5.41) is 5.82. The second kappa shape index (κ2) is 15.5. The number of H-pyrrole nitrogens is 1. The van der Waals surface area contributed by atoms with E-state index in [2.05, 4.69) is 221 Å². The van der Waals surface area contributed by atoms with E-state index in [0.717, 1.165) is 52.1 Å². The molecule has 2 aliphatic rings. The average Bonchev–Trinajstić information content (AvgIpc) is 3.82. The van der Waals surface area contributed by atoms with Crippen LogP contribution < -0.4 is 14.9 Å². The highest BCUT2D eigenvalue weighted by molar-refractivity contribution is 8.67. The number of benzene rings is 7. The van der Waals surface area contributed by atoms with E-state index >= 15 is 0 Å². The van der Waals surface area contributed by atoms with Crippen LogP contribution in [0.1, 0.15) is 42.5 Å². The fraction of sp³-hybridized carbons (Fsp3) is 0.0980. The van der Waals surface area contributed by atoms with Crippen molar-refractivity contribution in [3.05, 3.63) is 198 Å². The van der Waals surface area contributed by atoms with E-state index in [1.165, 1.54) is 61.3 Å². The first-order valence-electron chi connectivity index (χ1n) is 19.4. The van der Waals surface area contributed by atoms with Gasteiger partial charge in [-0.3, -0.25) is 5.14 Å². The van der Waals surface area contributed by atoms with Gasteiger partial charge in [0.05, 0.1) is 5.69 Å². The van der Waals surface area contributed by atoms with Crippen LogP contribution in [-0.2, 0) is 11.8 Å². The molecule has 1 aromatic heterocycles. The molecule has 0 saturated carbocycles. The molecule has 1 heterocycles. The van der Waals surface area contributed by atoms with Crippen LogP contribution in [0.4, 0.5) is 34.1 Å². The minimum atomic E-state index is -0.220. The number of aromatic nitrogens is 1. The summed E-state index contributed by atoms with van der Waals surface area (Å²) in [6.07, 6.45) is 8.80. The first kappa shape index (κ1) is 36.7. The van der Waals surface area contributed by atoms with Crippen molar-refractivity contribution in [1.82, 2.24) is 4.98 Å². The number of fused-ring (bicyclic) bond motifs is 5. The van der Waals surface area contributed by atoms with Crippen LogP contribution >= 0.6 is 22.6 Å². The Balaban J connectivity index is 0.00000137. The van der Waals surface area contributed by atoms with Gasteiger partial charge in [0.1, 0.15) is 0 Å². The van der Waals surface area contributed by atoms with Crippen molar-refractivity contribution in [2.45, 2.75) is 32.1 Å². The summed E-state index contributed by atoms with van der Waals surface area (Å²) in [5.41, 5.74) is 18.3. The Morgan fingerprint density at radius 1 is 0.596 bits per heavy atom. The molecule has 0 bridgehead atoms. The lowest BCUT2D eigenvalue weighted by Gasteiger charge is -2.30. The third-order valence-electron chi connectivity index (χ3n) is 11.5. The molecule has 2 aliphatic carbocycles. The maximum Gasteiger partial charge on any atom is 0.0536 e. The zero-order chi connectivity index (χ0) is 38.9. The summed E-state index contributed by atoms with van der Waals surface area (Å²) in [5.74, 6) is 0. The smallest absolute Gasteiger partial charge is 0.0536 e. The summed E-state index contributed by atoms with van der Waals surface area (Å²) in [6, 6.07) is 60.1. The number of hydrogen-bond donors (Lipinski definition) is 3. The number of nitrogens with zero attached hydrogens (tertiary/aromatic N) is 2. The van der Waals surface area contributed by atoms with Crippen molar-refractivity contribution in [2.75, 3.05) is 9.80 Å². The van der Waals surface area contributed by atoms with Gasteiger partial charge in [0.25, 0.3) is 0 Å². The lowest BCUT2D eigenvalue weighted by Crippen LogP contribution is -2.18. The lowest BCUT2D eigenvalue weighted by atomic mass is 9.82. The summed E-state index contributed by atoms with van der Waals surface area (Å²) < 4.78 is 0. The Bertz CT molecular complexity index is 2720. The first-order valence-corrected chi connectivity index (χ1v) is 21.3. The molecule has 0 radical (unpaired) electrons. The fourth-order valence-corrected chi connectivity index (χ4v) is 8.70. The Kier molecular flexibility index (Phi) is 10.0. The van der Waals surface area contributed by atoms with Gasteiger partial charge in [-0.1, -0.05) is 123 Å². The van der Waals surface area contributed by atoms with Crippen molar-refractivity contribution in [3.8, 4) is 22.3 Å². The van der Waals surface area contributed by atoms with Gasteiger partial charge in [0, 0.05) is 56.5 Å². The number of nitrogens with one attached hydrogen (secondary N) is 1. The van der Waals surface area contributed by atoms with Crippen LogP contribution in [0.25, 0.3) is 39.2 Å². The summed E-state index contributed by atoms with van der Waals surface area (Å²) in [6.45, 7) is 4.77. The van der Waals surface area contributed by atoms with Crippen LogP contribution in [0.15, 0.2) is 176 Å². The number of para-hydroxylation sites is 1. The third-order valence-corrected chi connectivity index (χ3v) is 11.5. The fourth-order valence-electron chi connectivity index (χ4n) is 8.70. The molecule has 57 heavy (non-hydrogen) atoms. The third kappa shape index (κ3) is 6.84.